The first-order chi connectivity index (χ1) is 8.29. The molecular weight excluding hydrogens is 216 g/mol. The Morgan fingerprint density at radius 1 is 1.35 bits per heavy atom. The minimum Gasteiger partial charge on any atom is -0.486 e. The van der Waals surface area contributed by atoms with E-state index in [4.69, 9.17) is 14.7 Å². The first kappa shape index (κ1) is 11.7. The molecule has 0 fully saturated rings. The number of nitriles is 1. The van der Waals surface area contributed by atoms with Gasteiger partial charge in [-0.05, 0) is 31.0 Å². The molecule has 2 rings (SSSR count). The Morgan fingerprint density at radius 2 is 2.12 bits per heavy atom. The highest BCUT2D eigenvalue weighted by Gasteiger charge is 2.11. The Bertz CT molecular complexity index is 426. The number of ether oxygens (including phenoxy) is 2. The third kappa shape index (κ3) is 3.11. The van der Waals surface area contributed by atoms with Crippen molar-refractivity contribution in [2.24, 2.45) is 0 Å². The van der Waals surface area contributed by atoms with Crippen LogP contribution in [0.4, 0.5) is 0 Å². The first-order valence-electron chi connectivity index (χ1n) is 5.81. The summed E-state index contributed by atoms with van der Waals surface area (Å²) in [6, 6.07) is 8.02. The van der Waals surface area contributed by atoms with E-state index in [2.05, 4.69) is 11.4 Å². The number of nitrogens with zero attached hydrogens (tertiary/aromatic N) is 1. The van der Waals surface area contributed by atoms with Crippen LogP contribution in [0.2, 0.25) is 0 Å². The molecule has 1 heterocycles. The fourth-order valence-corrected chi connectivity index (χ4v) is 1.72. The van der Waals surface area contributed by atoms with Crippen molar-refractivity contribution in [3.63, 3.8) is 0 Å². The minimum atomic E-state index is -0.104. The van der Waals surface area contributed by atoms with E-state index in [0.717, 1.165) is 24.5 Å². The summed E-state index contributed by atoms with van der Waals surface area (Å²) in [7, 11) is 0. The third-order valence-electron chi connectivity index (χ3n) is 2.66. The highest BCUT2D eigenvalue weighted by atomic mass is 16.6. The largest absolute Gasteiger partial charge is 0.486 e. The summed E-state index contributed by atoms with van der Waals surface area (Å²) in [5.41, 5.74) is 1.19. The highest BCUT2D eigenvalue weighted by Crippen LogP contribution is 2.30. The number of benzene rings is 1. The van der Waals surface area contributed by atoms with Crippen molar-refractivity contribution in [2.75, 3.05) is 19.8 Å². The number of rotatable bonds is 4. The predicted molar refractivity (Wildman–Crippen MR) is 64.2 cm³/mol. The second kappa shape index (κ2) is 5.55. The molecule has 1 aromatic rings. The average molecular weight is 232 g/mol. The molecule has 0 radical (unpaired) electrons. The summed E-state index contributed by atoms with van der Waals surface area (Å²) >= 11 is 0. The molecule has 0 amide bonds. The Hall–Kier alpha value is -1.73. The normalized spacial score (nSPS) is 15.1. The molecular formula is C13H16N2O2. The zero-order valence-electron chi connectivity index (χ0n) is 9.90. The van der Waals surface area contributed by atoms with E-state index < -0.39 is 0 Å². The molecule has 0 saturated carbocycles. The van der Waals surface area contributed by atoms with Crippen molar-refractivity contribution in [2.45, 2.75) is 19.4 Å². The quantitative estimate of drug-likeness (QED) is 0.854. The Morgan fingerprint density at radius 3 is 2.88 bits per heavy atom. The SMILES string of the molecule is CC(C#N)NCCc1ccc2c(c1)OCCO2. The molecule has 1 atom stereocenters. The van der Waals surface area contributed by atoms with E-state index in [1.165, 1.54) is 5.56 Å². The van der Waals surface area contributed by atoms with Crippen molar-refractivity contribution in [1.82, 2.24) is 5.32 Å². The maximum atomic E-state index is 8.64. The highest BCUT2D eigenvalue weighted by molar-refractivity contribution is 5.43. The molecule has 90 valence electrons. The third-order valence-corrected chi connectivity index (χ3v) is 2.66. The second-order valence-corrected chi connectivity index (χ2v) is 4.03. The summed E-state index contributed by atoms with van der Waals surface area (Å²) < 4.78 is 11.0. The smallest absolute Gasteiger partial charge is 0.161 e. The average Bonchev–Trinajstić information content (AvgIpc) is 2.38. The molecule has 1 unspecified atom stereocenters. The van der Waals surface area contributed by atoms with Gasteiger partial charge in [-0.15, -0.1) is 0 Å². The Labute approximate surface area is 101 Å². The number of hydrogen-bond acceptors (Lipinski definition) is 4. The molecule has 1 aliphatic heterocycles. The molecule has 1 aliphatic rings. The van der Waals surface area contributed by atoms with Crippen LogP contribution in [-0.4, -0.2) is 25.8 Å². The van der Waals surface area contributed by atoms with Gasteiger partial charge in [0.15, 0.2) is 11.5 Å². The van der Waals surface area contributed by atoms with Crippen molar-refractivity contribution >= 4 is 0 Å². The Kier molecular flexibility index (Phi) is 3.84. The molecule has 17 heavy (non-hydrogen) atoms. The minimum absolute atomic E-state index is 0.104. The van der Waals surface area contributed by atoms with Crippen LogP contribution in [0.1, 0.15) is 12.5 Å². The van der Waals surface area contributed by atoms with Gasteiger partial charge in [0.05, 0.1) is 12.1 Å². The van der Waals surface area contributed by atoms with Gasteiger partial charge in [-0.25, -0.2) is 0 Å². The van der Waals surface area contributed by atoms with Crippen LogP contribution in [0.25, 0.3) is 0 Å². The summed E-state index contributed by atoms with van der Waals surface area (Å²) in [6.07, 6.45) is 0.878. The first-order valence-corrected chi connectivity index (χ1v) is 5.81. The van der Waals surface area contributed by atoms with Crippen LogP contribution in [0.5, 0.6) is 11.5 Å². The molecule has 0 aromatic heterocycles. The summed E-state index contributed by atoms with van der Waals surface area (Å²) in [5, 5.41) is 11.8. The van der Waals surface area contributed by atoms with Crippen LogP contribution >= 0.6 is 0 Å². The Balaban J connectivity index is 1.91. The maximum absolute atomic E-state index is 8.64. The molecule has 0 aliphatic carbocycles. The standard InChI is InChI=1S/C13H16N2O2/c1-10(9-14)15-5-4-11-2-3-12-13(8-11)17-7-6-16-12/h2-3,8,10,15H,4-7H2,1H3. The topological polar surface area (TPSA) is 54.3 Å². The van der Waals surface area contributed by atoms with Crippen molar-refractivity contribution in [1.29, 1.82) is 5.26 Å². The van der Waals surface area contributed by atoms with Gasteiger partial charge in [0.2, 0.25) is 0 Å². The monoisotopic (exact) mass is 232 g/mol. The zero-order chi connectivity index (χ0) is 12.1. The molecule has 0 saturated heterocycles. The van der Waals surface area contributed by atoms with Gasteiger partial charge in [-0.2, -0.15) is 5.26 Å². The van der Waals surface area contributed by atoms with Crippen LogP contribution in [0, 0.1) is 11.3 Å². The number of fused-ring (bicyclic) bond motifs is 1. The lowest BCUT2D eigenvalue weighted by molar-refractivity contribution is 0.171. The molecule has 1 aromatic carbocycles. The van der Waals surface area contributed by atoms with Crippen molar-refractivity contribution in [3.05, 3.63) is 23.8 Å². The number of nitrogens with one attached hydrogen (secondary N) is 1. The van der Waals surface area contributed by atoms with E-state index in [0.29, 0.717) is 13.2 Å². The lowest BCUT2D eigenvalue weighted by Gasteiger charge is -2.19. The van der Waals surface area contributed by atoms with Crippen LogP contribution < -0.4 is 14.8 Å². The lowest BCUT2D eigenvalue weighted by Crippen LogP contribution is -2.26. The lowest BCUT2D eigenvalue weighted by atomic mass is 10.1. The molecule has 4 nitrogen and oxygen atoms in total. The van der Waals surface area contributed by atoms with Crippen LogP contribution in [0.15, 0.2) is 18.2 Å². The van der Waals surface area contributed by atoms with E-state index in [9.17, 15) is 0 Å². The van der Waals surface area contributed by atoms with Crippen molar-refractivity contribution < 1.29 is 9.47 Å². The van der Waals surface area contributed by atoms with Crippen molar-refractivity contribution in [3.8, 4) is 17.6 Å². The number of hydrogen-bond donors (Lipinski definition) is 1. The summed E-state index contributed by atoms with van der Waals surface area (Å²) in [6.45, 7) is 3.87. The zero-order valence-corrected chi connectivity index (χ0v) is 9.90. The predicted octanol–water partition coefficient (Wildman–Crippen LogP) is 1.50. The molecule has 1 N–H and O–H groups in total. The summed E-state index contributed by atoms with van der Waals surface area (Å²) in [4.78, 5) is 0. The van der Waals surface area contributed by atoms with Gasteiger partial charge < -0.3 is 14.8 Å². The van der Waals surface area contributed by atoms with Gasteiger partial charge in [-0.3, -0.25) is 0 Å². The van der Waals surface area contributed by atoms with Crippen LogP contribution in [-0.2, 0) is 6.42 Å². The fourth-order valence-electron chi connectivity index (χ4n) is 1.72. The van der Waals surface area contributed by atoms with Gasteiger partial charge in [-0.1, -0.05) is 6.07 Å². The molecule has 4 heteroatoms. The van der Waals surface area contributed by atoms with E-state index >= 15 is 0 Å². The van der Waals surface area contributed by atoms with Gasteiger partial charge in [0, 0.05) is 6.54 Å². The van der Waals surface area contributed by atoms with Gasteiger partial charge >= 0.3 is 0 Å². The van der Waals surface area contributed by atoms with E-state index in [1.807, 2.05) is 25.1 Å². The van der Waals surface area contributed by atoms with Gasteiger partial charge in [0.1, 0.15) is 13.2 Å². The molecule has 0 spiro atoms. The van der Waals surface area contributed by atoms with Gasteiger partial charge in [0.25, 0.3) is 0 Å². The fraction of sp³-hybridized carbons (Fsp3) is 0.462. The maximum Gasteiger partial charge on any atom is 0.161 e. The second-order valence-electron chi connectivity index (χ2n) is 4.03. The molecule has 0 bridgehead atoms. The van der Waals surface area contributed by atoms with E-state index in [1.54, 1.807) is 0 Å². The van der Waals surface area contributed by atoms with Crippen LogP contribution in [0.3, 0.4) is 0 Å². The summed E-state index contributed by atoms with van der Waals surface area (Å²) in [5.74, 6) is 1.64. The van der Waals surface area contributed by atoms with E-state index in [-0.39, 0.29) is 6.04 Å².